The van der Waals surface area contributed by atoms with Crippen molar-refractivity contribution in [1.29, 1.82) is 0 Å². The third-order valence-electron chi connectivity index (χ3n) is 8.52. The van der Waals surface area contributed by atoms with Gasteiger partial charge in [-0.25, -0.2) is 4.57 Å². The van der Waals surface area contributed by atoms with Gasteiger partial charge in [-0.2, -0.15) is 0 Å². The Bertz CT molecular complexity index is 1830. The topological polar surface area (TPSA) is 13.1 Å². The van der Waals surface area contributed by atoms with Crippen LogP contribution in [0.15, 0.2) is 54.7 Å². The van der Waals surface area contributed by atoms with Gasteiger partial charge in [-0.3, -0.25) is 0 Å². The van der Waals surface area contributed by atoms with Crippen molar-refractivity contribution in [1.82, 2.24) is 0 Å². The zero-order chi connectivity index (χ0) is 28.7. The number of ether oxygens (including phenoxy) is 1. The third-order valence-corrected chi connectivity index (χ3v) is 8.52. The molecule has 2 nitrogen and oxygen atoms in total. The highest BCUT2D eigenvalue weighted by atomic mass is 16.5. The Morgan fingerprint density at radius 3 is 2.17 bits per heavy atom. The maximum Gasteiger partial charge on any atom is 0.228 e. The van der Waals surface area contributed by atoms with Crippen LogP contribution >= 0.6 is 0 Å². The lowest BCUT2D eigenvalue weighted by Gasteiger charge is -2.29. The molecule has 0 saturated heterocycles. The highest BCUT2D eigenvalue weighted by molar-refractivity contribution is 6.16. The molecule has 0 unspecified atom stereocenters. The van der Waals surface area contributed by atoms with Crippen molar-refractivity contribution in [3.8, 4) is 22.8 Å². The molecule has 40 heavy (non-hydrogen) atoms. The van der Waals surface area contributed by atoms with E-state index in [9.17, 15) is 0 Å². The van der Waals surface area contributed by atoms with Gasteiger partial charge in [0, 0.05) is 17.0 Å². The van der Waals surface area contributed by atoms with E-state index in [2.05, 4.69) is 129 Å². The van der Waals surface area contributed by atoms with E-state index in [-0.39, 0.29) is 10.8 Å². The van der Waals surface area contributed by atoms with Gasteiger partial charge in [0.2, 0.25) is 5.69 Å². The minimum Gasteiger partial charge on any atom is -0.455 e. The van der Waals surface area contributed by atoms with Crippen LogP contribution in [0.4, 0.5) is 0 Å². The first-order valence-electron chi connectivity index (χ1n) is 14.9. The van der Waals surface area contributed by atoms with E-state index >= 15 is 0 Å². The number of hydrogen-bond donors (Lipinski definition) is 0. The molecular formula is C38H44NO+. The highest BCUT2D eigenvalue weighted by Crippen LogP contribution is 2.53. The lowest BCUT2D eigenvalue weighted by molar-refractivity contribution is -0.659. The third kappa shape index (κ3) is 4.37. The van der Waals surface area contributed by atoms with Crippen molar-refractivity contribution in [2.75, 3.05) is 0 Å². The lowest BCUT2D eigenvalue weighted by atomic mass is 9.80. The van der Waals surface area contributed by atoms with Crippen molar-refractivity contribution < 1.29 is 9.30 Å². The summed E-state index contributed by atoms with van der Waals surface area (Å²) in [4.78, 5) is 0. The highest BCUT2D eigenvalue weighted by Gasteiger charge is 2.34. The number of nitrogens with zero attached hydrogens (tertiary/aromatic N) is 1. The molecule has 6 rings (SSSR count). The molecule has 1 aliphatic heterocycles. The predicted molar refractivity (Wildman–Crippen MR) is 171 cm³/mol. The fourth-order valence-corrected chi connectivity index (χ4v) is 6.74. The number of hydrogen-bond acceptors (Lipinski definition) is 1. The summed E-state index contributed by atoms with van der Waals surface area (Å²) in [5.74, 6) is 2.51. The minimum absolute atomic E-state index is 0.119. The van der Waals surface area contributed by atoms with E-state index in [0.717, 1.165) is 24.3 Å². The standard InChI is InChI=1S/C38H44NO/c1-22(2)24-14-15-27-29(18-24)23(3)33-35-34-28(16-17-39(35)10)26-13-11-12-25(20-37(4,5)6)30(26)19-32(34)40-36(33)31(27)21-38(7,8)9/h11-19,22H,20-21H2,1-10H3/q+1. The second-order valence-corrected chi connectivity index (χ2v) is 14.8. The summed E-state index contributed by atoms with van der Waals surface area (Å²) in [5, 5.41) is 7.78. The summed E-state index contributed by atoms with van der Waals surface area (Å²) < 4.78 is 9.44. The SMILES string of the molecule is Cc1c2c(c(CC(C)(C)C)c3ccc(C(C)C)cc13)Oc1cc3c(CC(C)(C)C)cccc3c3cc[n+](C)c-2c13. The number of benzene rings is 4. The predicted octanol–water partition coefficient (Wildman–Crippen LogP) is 10.4. The molecule has 0 fully saturated rings. The van der Waals surface area contributed by atoms with Crippen molar-refractivity contribution >= 4 is 32.3 Å². The van der Waals surface area contributed by atoms with E-state index < -0.39 is 0 Å². The Kier molecular flexibility index (Phi) is 6.07. The molecule has 2 heteroatoms. The molecule has 2 heterocycles. The first-order valence-corrected chi connectivity index (χ1v) is 14.9. The van der Waals surface area contributed by atoms with Crippen molar-refractivity contribution in [2.24, 2.45) is 17.9 Å². The van der Waals surface area contributed by atoms with Gasteiger partial charge in [-0.15, -0.1) is 0 Å². The zero-order valence-corrected chi connectivity index (χ0v) is 26.0. The maximum atomic E-state index is 7.13. The van der Waals surface area contributed by atoms with E-state index in [1.54, 1.807) is 0 Å². The minimum atomic E-state index is 0.119. The molecule has 0 aliphatic carbocycles. The van der Waals surface area contributed by atoms with Crippen LogP contribution in [0.3, 0.4) is 0 Å². The molecule has 4 aromatic carbocycles. The lowest BCUT2D eigenvalue weighted by Crippen LogP contribution is -2.32. The summed E-state index contributed by atoms with van der Waals surface area (Å²) in [6, 6.07) is 18.5. The van der Waals surface area contributed by atoms with Gasteiger partial charge >= 0.3 is 0 Å². The Hall–Kier alpha value is -3.39. The van der Waals surface area contributed by atoms with Crippen molar-refractivity contribution in [3.63, 3.8) is 0 Å². The second kappa shape index (κ2) is 9.06. The first kappa shape index (κ1) is 26.8. The molecule has 0 radical (unpaired) electrons. The van der Waals surface area contributed by atoms with Gasteiger partial charge in [0.05, 0.1) is 10.9 Å². The van der Waals surface area contributed by atoms with E-state index in [4.69, 9.17) is 4.74 Å². The van der Waals surface area contributed by atoms with Gasteiger partial charge < -0.3 is 4.74 Å². The average molecular weight is 531 g/mol. The molecule has 1 aromatic heterocycles. The Labute approximate surface area is 240 Å². The number of aryl methyl sites for hydroxylation is 2. The van der Waals surface area contributed by atoms with Crippen LogP contribution in [-0.4, -0.2) is 0 Å². The molecular weight excluding hydrogens is 486 g/mol. The summed E-state index contributed by atoms with van der Waals surface area (Å²) in [7, 11) is 2.19. The average Bonchev–Trinajstić information content (AvgIpc) is 2.86. The summed E-state index contributed by atoms with van der Waals surface area (Å²) in [6.45, 7) is 20.8. The van der Waals surface area contributed by atoms with Gasteiger partial charge in [-0.05, 0) is 80.8 Å². The van der Waals surface area contributed by atoms with E-state index in [1.807, 2.05) is 0 Å². The van der Waals surface area contributed by atoms with Gasteiger partial charge in [0.25, 0.3) is 0 Å². The summed E-state index contributed by atoms with van der Waals surface area (Å²) in [5.41, 5.74) is 8.23. The van der Waals surface area contributed by atoms with E-state index in [0.29, 0.717) is 5.92 Å². The van der Waals surface area contributed by atoms with Crippen LogP contribution in [0.25, 0.3) is 43.6 Å². The molecule has 5 aromatic rings. The molecule has 0 amide bonds. The van der Waals surface area contributed by atoms with Crippen molar-refractivity contribution in [3.05, 3.63) is 77.0 Å². The van der Waals surface area contributed by atoms with Gasteiger partial charge in [0.1, 0.15) is 18.5 Å². The first-order chi connectivity index (χ1) is 18.7. The van der Waals surface area contributed by atoms with Crippen LogP contribution < -0.4 is 9.30 Å². The van der Waals surface area contributed by atoms with Crippen molar-refractivity contribution in [2.45, 2.75) is 81.1 Å². The Morgan fingerprint density at radius 2 is 1.50 bits per heavy atom. The smallest absolute Gasteiger partial charge is 0.228 e. The zero-order valence-electron chi connectivity index (χ0n) is 26.0. The summed E-state index contributed by atoms with van der Waals surface area (Å²) >= 11 is 0. The van der Waals surface area contributed by atoms with E-state index in [1.165, 1.54) is 65.8 Å². The number of pyridine rings is 1. The fraction of sp³-hybridized carbons (Fsp3) is 0.395. The van der Waals surface area contributed by atoms with Gasteiger partial charge in [-0.1, -0.05) is 91.8 Å². The molecule has 0 spiro atoms. The molecule has 0 bridgehead atoms. The number of rotatable bonds is 3. The maximum absolute atomic E-state index is 7.13. The molecule has 206 valence electrons. The molecule has 0 N–H and O–H groups in total. The van der Waals surface area contributed by atoms with Crippen LogP contribution in [0.1, 0.15) is 83.6 Å². The number of fused-ring (bicyclic) bond motifs is 5. The van der Waals surface area contributed by atoms with Gasteiger partial charge in [0.15, 0.2) is 6.20 Å². The molecule has 0 saturated carbocycles. The largest absolute Gasteiger partial charge is 0.455 e. The Morgan fingerprint density at radius 1 is 0.775 bits per heavy atom. The summed E-state index contributed by atoms with van der Waals surface area (Å²) in [6.07, 6.45) is 4.21. The number of aromatic nitrogens is 1. The van der Waals surface area contributed by atoms with Crippen LogP contribution in [0.2, 0.25) is 0 Å². The van der Waals surface area contributed by atoms with Crippen LogP contribution in [0, 0.1) is 17.8 Å². The molecule has 1 aliphatic rings. The van der Waals surface area contributed by atoms with Crippen LogP contribution in [-0.2, 0) is 19.9 Å². The normalized spacial score (nSPS) is 13.4. The Balaban J connectivity index is 1.76. The molecule has 0 atom stereocenters. The fourth-order valence-electron chi connectivity index (χ4n) is 6.74. The second-order valence-electron chi connectivity index (χ2n) is 14.8. The van der Waals surface area contributed by atoms with Crippen LogP contribution in [0.5, 0.6) is 11.5 Å². The monoisotopic (exact) mass is 530 g/mol. The quantitative estimate of drug-likeness (QED) is 0.164.